The molecule has 5 nitrogen and oxygen atoms in total. The van der Waals surface area contributed by atoms with E-state index < -0.39 is 0 Å². The van der Waals surface area contributed by atoms with Crippen molar-refractivity contribution in [3.05, 3.63) is 41.9 Å². The van der Waals surface area contributed by atoms with Gasteiger partial charge in [0.15, 0.2) is 0 Å². The number of pyridine rings is 1. The van der Waals surface area contributed by atoms with Crippen LogP contribution in [0.1, 0.15) is 11.3 Å². The van der Waals surface area contributed by atoms with E-state index in [-0.39, 0.29) is 0 Å². The van der Waals surface area contributed by atoms with E-state index in [0.29, 0.717) is 5.88 Å². The van der Waals surface area contributed by atoms with E-state index >= 15 is 0 Å². The molecule has 21 heavy (non-hydrogen) atoms. The van der Waals surface area contributed by atoms with Crippen molar-refractivity contribution in [2.24, 2.45) is 0 Å². The first-order valence-electron chi connectivity index (χ1n) is 7.07. The van der Waals surface area contributed by atoms with Crippen LogP contribution in [0.3, 0.4) is 0 Å². The molecule has 1 saturated heterocycles. The highest BCUT2D eigenvalue weighted by atomic mass is 35.5. The zero-order chi connectivity index (χ0) is 14.7. The van der Waals surface area contributed by atoms with Crippen molar-refractivity contribution < 1.29 is 0 Å². The fourth-order valence-corrected chi connectivity index (χ4v) is 2.77. The largest absolute Gasteiger partial charge is 0.353 e. The molecule has 0 amide bonds. The minimum Gasteiger partial charge on any atom is -0.353 e. The van der Waals surface area contributed by atoms with E-state index in [0.717, 1.165) is 49.2 Å². The number of nitrogens with zero attached hydrogens (tertiary/aromatic N) is 5. The van der Waals surface area contributed by atoms with Crippen LogP contribution < -0.4 is 9.80 Å². The lowest BCUT2D eigenvalue weighted by Crippen LogP contribution is -2.47. The second kappa shape index (κ2) is 6.26. The molecule has 0 radical (unpaired) electrons. The molecular weight excluding hydrogens is 286 g/mol. The van der Waals surface area contributed by atoms with Crippen molar-refractivity contribution in [1.82, 2.24) is 15.0 Å². The van der Waals surface area contributed by atoms with Gasteiger partial charge in [-0.1, -0.05) is 6.07 Å². The molecule has 0 aromatic carbocycles. The van der Waals surface area contributed by atoms with Crippen molar-refractivity contribution in [1.29, 1.82) is 0 Å². The topological polar surface area (TPSA) is 45.2 Å². The molecule has 0 spiro atoms. The maximum atomic E-state index is 5.88. The van der Waals surface area contributed by atoms with Crippen LogP contribution in [0.15, 0.2) is 30.6 Å². The van der Waals surface area contributed by atoms with Crippen LogP contribution in [-0.4, -0.2) is 41.1 Å². The summed E-state index contributed by atoms with van der Waals surface area (Å²) in [6.07, 6.45) is 3.56. The molecule has 1 aliphatic rings. The average Bonchev–Trinajstić information content (AvgIpc) is 2.56. The summed E-state index contributed by atoms with van der Waals surface area (Å²) in [6.45, 7) is 5.66. The Hall–Kier alpha value is -1.88. The number of alkyl halides is 1. The van der Waals surface area contributed by atoms with Gasteiger partial charge < -0.3 is 9.80 Å². The molecule has 110 valence electrons. The molecule has 6 heteroatoms. The Balaban J connectivity index is 1.67. The van der Waals surface area contributed by atoms with Gasteiger partial charge in [-0.3, -0.25) is 0 Å². The van der Waals surface area contributed by atoms with Crippen molar-refractivity contribution in [2.45, 2.75) is 12.8 Å². The molecule has 1 fully saturated rings. The maximum Gasteiger partial charge on any atom is 0.225 e. The van der Waals surface area contributed by atoms with Crippen molar-refractivity contribution in [2.75, 3.05) is 36.0 Å². The Labute approximate surface area is 129 Å². The van der Waals surface area contributed by atoms with Gasteiger partial charge in [-0.15, -0.1) is 11.6 Å². The smallest absolute Gasteiger partial charge is 0.225 e. The summed E-state index contributed by atoms with van der Waals surface area (Å²) >= 11 is 5.88. The Bertz CT molecular complexity index is 596. The predicted molar refractivity (Wildman–Crippen MR) is 85.0 cm³/mol. The maximum absolute atomic E-state index is 5.88. The zero-order valence-electron chi connectivity index (χ0n) is 12.0. The Morgan fingerprint density at radius 1 is 1.05 bits per heavy atom. The highest BCUT2D eigenvalue weighted by molar-refractivity contribution is 6.17. The molecule has 0 N–H and O–H groups in total. The lowest BCUT2D eigenvalue weighted by Gasteiger charge is -2.35. The molecule has 0 saturated carbocycles. The third-order valence-electron chi connectivity index (χ3n) is 3.76. The molecule has 2 aromatic heterocycles. The lowest BCUT2D eigenvalue weighted by atomic mass is 10.2. The number of hydrogen-bond acceptors (Lipinski definition) is 5. The third-order valence-corrected chi connectivity index (χ3v) is 4.05. The van der Waals surface area contributed by atoms with Gasteiger partial charge in [0.1, 0.15) is 5.82 Å². The molecule has 0 unspecified atom stereocenters. The van der Waals surface area contributed by atoms with Gasteiger partial charge in [-0.2, -0.15) is 0 Å². The second-order valence-corrected chi connectivity index (χ2v) is 5.34. The lowest BCUT2D eigenvalue weighted by molar-refractivity contribution is 0.634. The average molecular weight is 304 g/mol. The Kier molecular flexibility index (Phi) is 4.20. The minimum absolute atomic E-state index is 0.512. The van der Waals surface area contributed by atoms with E-state index in [1.54, 1.807) is 12.4 Å². The van der Waals surface area contributed by atoms with Gasteiger partial charge >= 0.3 is 0 Å². The SMILES string of the molecule is Cc1nc(N2CCN(c3ncccn3)CC2)ccc1CCl. The number of piperazine rings is 1. The summed E-state index contributed by atoms with van der Waals surface area (Å²) in [5.74, 6) is 2.34. The molecule has 2 aromatic rings. The summed E-state index contributed by atoms with van der Waals surface area (Å²) in [5.41, 5.74) is 2.10. The normalized spacial score (nSPS) is 15.3. The fourth-order valence-electron chi connectivity index (χ4n) is 2.48. The van der Waals surface area contributed by atoms with Gasteiger partial charge in [0.2, 0.25) is 5.95 Å². The summed E-state index contributed by atoms with van der Waals surface area (Å²) in [7, 11) is 0. The number of anilines is 2. The first-order valence-corrected chi connectivity index (χ1v) is 7.61. The fraction of sp³-hybridized carbons (Fsp3) is 0.400. The van der Waals surface area contributed by atoms with Crippen molar-refractivity contribution in [3.8, 4) is 0 Å². The highest BCUT2D eigenvalue weighted by Gasteiger charge is 2.19. The van der Waals surface area contributed by atoms with Gasteiger partial charge in [0.05, 0.1) is 0 Å². The van der Waals surface area contributed by atoms with Crippen LogP contribution in [0, 0.1) is 6.92 Å². The molecule has 0 aliphatic carbocycles. The van der Waals surface area contributed by atoms with Crippen molar-refractivity contribution in [3.63, 3.8) is 0 Å². The zero-order valence-corrected chi connectivity index (χ0v) is 12.8. The number of hydrogen-bond donors (Lipinski definition) is 0. The van der Waals surface area contributed by atoms with Crippen LogP contribution in [0.5, 0.6) is 0 Å². The quantitative estimate of drug-likeness (QED) is 0.814. The Morgan fingerprint density at radius 3 is 2.33 bits per heavy atom. The van der Waals surface area contributed by atoms with E-state index in [2.05, 4.69) is 36.9 Å². The first-order chi connectivity index (χ1) is 10.3. The number of aryl methyl sites for hydroxylation is 1. The Morgan fingerprint density at radius 2 is 1.71 bits per heavy atom. The minimum atomic E-state index is 0.512. The summed E-state index contributed by atoms with van der Waals surface area (Å²) < 4.78 is 0. The van der Waals surface area contributed by atoms with E-state index in [1.807, 2.05) is 13.0 Å². The molecule has 3 rings (SSSR count). The van der Waals surface area contributed by atoms with Crippen LogP contribution in [-0.2, 0) is 5.88 Å². The number of rotatable bonds is 3. The van der Waals surface area contributed by atoms with Gasteiger partial charge in [-0.05, 0) is 24.6 Å². The van der Waals surface area contributed by atoms with E-state index in [4.69, 9.17) is 11.6 Å². The summed E-state index contributed by atoms with van der Waals surface area (Å²) in [5, 5.41) is 0. The molecule has 0 atom stereocenters. The summed E-state index contributed by atoms with van der Waals surface area (Å²) in [6, 6.07) is 5.96. The van der Waals surface area contributed by atoms with Crippen molar-refractivity contribution >= 4 is 23.4 Å². The van der Waals surface area contributed by atoms with Crippen LogP contribution >= 0.6 is 11.6 Å². The van der Waals surface area contributed by atoms with E-state index in [1.165, 1.54) is 0 Å². The predicted octanol–water partition coefficient (Wildman–Crippen LogP) is 2.25. The summed E-state index contributed by atoms with van der Waals surface area (Å²) in [4.78, 5) is 17.8. The van der Waals surface area contributed by atoms with Gasteiger partial charge in [0.25, 0.3) is 0 Å². The van der Waals surface area contributed by atoms with Gasteiger partial charge in [-0.25, -0.2) is 15.0 Å². The monoisotopic (exact) mass is 303 g/mol. The van der Waals surface area contributed by atoms with Gasteiger partial charge in [0, 0.05) is 50.1 Å². The molecule has 1 aliphatic heterocycles. The van der Waals surface area contributed by atoms with E-state index in [9.17, 15) is 0 Å². The highest BCUT2D eigenvalue weighted by Crippen LogP contribution is 2.19. The standard InChI is InChI=1S/C15H18ClN5/c1-12-13(11-16)3-4-14(19-12)20-7-9-21(10-8-20)15-17-5-2-6-18-15/h2-6H,7-11H2,1H3. The number of aromatic nitrogens is 3. The van der Waals surface area contributed by atoms with Crippen LogP contribution in [0.25, 0.3) is 0 Å². The number of halogens is 1. The molecule has 3 heterocycles. The second-order valence-electron chi connectivity index (χ2n) is 5.07. The third kappa shape index (κ3) is 3.08. The molecular formula is C15H18ClN5. The molecule has 0 bridgehead atoms. The first kappa shape index (κ1) is 14.1. The van der Waals surface area contributed by atoms with Crippen LogP contribution in [0.2, 0.25) is 0 Å². The van der Waals surface area contributed by atoms with Crippen LogP contribution in [0.4, 0.5) is 11.8 Å².